The summed E-state index contributed by atoms with van der Waals surface area (Å²) in [6, 6.07) is 7.06. The molecule has 2 saturated heterocycles. The Morgan fingerprint density at radius 2 is 1.56 bits per heavy atom. The summed E-state index contributed by atoms with van der Waals surface area (Å²) in [7, 11) is 3.12. The van der Waals surface area contributed by atoms with Gasteiger partial charge in [-0.25, -0.2) is 4.79 Å². The van der Waals surface area contributed by atoms with Gasteiger partial charge in [-0.05, 0) is 26.8 Å². The Hall–Kier alpha value is -3.49. The van der Waals surface area contributed by atoms with Gasteiger partial charge in [0.1, 0.15) is 17.1 Å². The van der Waals surface area contributed by atoms with E-state index >= 15 is 0 Å². The van der Waals surface area contributed by atoms with Gasteiger partial charge < -0.3 is 29.3 Å². The van der Waals surface area contributed by atoms with E-state index in [0.29, 0.717) is 47.7 Å². The fourth-order valence-electron chi connectivity index (χ4n) is 4.49. The lowest BCUT2D eigenvalue weighted by atomic mass is 10.0. The molecule has 2 aliphatic rings. The zero-order valence-corrected chi connectivity index (χ0v) is 20.3. The van der Waals surface area contributed by atoms with Crippen molar-refractivity contribution in [1.29, 1.82) is 0 Å². The number of carbonyl (C=O) groups is 2. The topological polar surface area (TPSA) is 93.2 Å². The molecule has 9 nitrogen and oxygen atoms in total. The number of ether oxygens (including phenoxy) is 3. The monoisotopic (exact) mass is 468 g/mol. The Kier molecular flexibility index (Phi) is 6.54. The maximum atomic E-state index is 12.9. The average Bonchev–Trinajstić information content (AvgIpc) is 3.37. The molecule has 182 valence electrons. The molecule has 2 amide bonds. The van der Waals surface area contributed by atoms with Gasteiger partial charge in [0, 0.05) is 68.1 Å². The maximum absolute atomic E-state index is 12.9. The van der Waals surface area contributed by atoms with E-state index in [0.717, 1.165) is 18.8 Å². The molecule has 1 N–H and O–H groups in total. The summed E-state index contributed by atoms with van der Waals surface area (Å²) >= 11 is 0. The van der Waals surface area contributed by atoms with Gasteiger partial charge in [0.05, 0.1) is 31.7 Å². The number of anilines is 2. The number of benzene rings is 1. The minimum atomic E-state index is -0.497. The lowest BCUT2D eigenvalue weighted by Gasteiger charge is -2.26. The number of amides is 2. The molecule has 4 rings (SSSR count). The van der Waals surface area contributed by atoms with Crippen molar-refractivity contribution in [3.8, 4) is 11.5 Å². The summed E-state index contributed by atoms with van der Waals surface area (Å²) < 4.78 is 16.1. The molecular formula is C25H32N4O5. The van der Waals surface area contributed by atoms with Crippen LogP contribution in [0.15, 0.2) is 36.7 Å². The predicted octanol–water partition coefficient (Wildman–Crippen LogP) is 3.65. The van der Waals surface area contributed by atoms with Crippen LogP contribution in [0.5, 0.6) is 11.5 Å². The Labute approximate surface area is 200 Å². The first-order valence-corrected chi connectivity index (χ1v) is 11.4. The van der Waals surface area contributed by atoms with Crippen molar-refractivity contribution in [3.63, 3.8) is 0 Å². The first kappa shape index (κ1) is 23.7. The standard InChI is InChI=1S/C25H32N4O5/c1-25(2,3)34-24(31)29-14-17-12-28(13-18(17)15-29)20-6-16(10-26-11-20)23(30)27-19-7-21(32-4)9-22(8-19)33-5/h6-11,17-18H,12-15H2,1-5H3,(H,27,30)/t17-,18+. The van der Waals surface area contributed by atoms with Crippen LogP contribution in [0, 0.1) is 11.8 Å². The van der Waals surface area contributed by atoms with Gasteiger partial charge in [-0.3, -0.25) is 9.78 Å². The number of rotatable bonds is 5. The number of hydrogen-bond acceptors (Lipinski definition) is 7. The van der Waals surface area contributed by atoms with Crippen LogP contribution in [0.2, 0.25) is 0 Å². The fraction of sp³-hybridized carbons (Fsp3) is 0.480. The zero-order valence-electron chi connectivity index (χ0n) is 20.3. The lowest BCUT2D eigenvalue weighted by Crippen LogP contribution is -2.37. The lowest BCUT2D eigenvalue weighted by molar-refractivity contribution is 0.0282. The van der Waals surface area contributed by atoms with Crippen molar-refractivity contribution >= 4 is 23.4 Å². The van der Waals surface area contributed by atoms with Gasteiger partial charge in [0.2, 0.25) is 0 Å². The molecule has 34 heavy (non-hydrogen) atoms. The van der Waals surface area contributed by atoms with E-state index in [1.54, 1.807) is 44.8 Å². The molecule has 9 heteroatoms. The molecule has 3 heterocycles. The number of aromatic nitrogens is 1. The molecule has 2 aliphatic heterocycles. The number of pyridine rings is 1. The van der Waals surface area contributed by atoms with E-state index in [4.69, 9.17) is 14.2 Å². The van der Waals surface area contributed by atoms with Gasteiger partial charge in [-0.2, -0.15) is 0 Å². The third-order valence-electron chi connectivity index (χ3n) is 6.10. The molecule has 0 radical (unpaired) electrons. The van der Waals surface area contributed by atoms with E-state index < -0.39 is 5.60 Å². The summed E-state index contributed by atoms with van der Waals surface area (Å²) in [6.45, 7) is 8.62. The highest BCUT2D eigenvalue weighted by Gasteiger charge is 2.42. The van der Waals surface area contributed by atoms with E-state index in [9.17, 15) is 9.59 Å². The molecular weight excluding hydrogens is 436 g/mol. The number of carbonyl (C=O) groups excluding carboxylic acids is 2. The SMILES string of the molecule is COc1cc(NC(=O)c2cncc(N3C[C@H]4CN(C(=O)OC(C)(C)C)C[C@H]4C3)c2)cc(OC)c1. The molecule has 1 aromatic heterocycles. The van der Waals surface area contributed by atoms with Crippen molar-refractivity contribution in [2.45, 2.75) is 26.4 Å². The molecule has 0 unspecified atom stereocenters. The summed E-state index contributed by atoms with van der Waals surface area (Å²) in [5.74, 6) is 1.65. The average molecular weight is 469 g/mol. The smallest absolute Gasteiger partial charge is 0.410 e. The molecule has 0 spiro atoms. The number of nitrogens with zero attached hydrogens (tertiary/aromatic N) is 3. The second-order valence-corrected chi connectivity index (χ2v) is 9.80. The first-order valence-electron chi connectivity index (χ1n) is 11.4. The highest BCUT2D eigenvalue weighted by atomic mass is 16.6. The molecule has 2 fully saturated rings. The minimum Gasteiger partial charge on any atom is -0.497 e. The summed E-state index contributed by atoms with van der Waals surface area (Å²) in [5.41, 5.74) is 1.44. The van der Waals surface area contributed by atoms with E-state index in [1.807, 2.05) is 31.7 Å². The Bertz CT molecular complexity index is 1030. The van der Waals surface area contributed by atoms with Crippen LogP contribution in [0.25, 0.3) is 0 Å². The van der Waals surface area contributed by atoms with Crippen molar-refractivity contribution < 1.29 is 23.8 Å². The number of nitrogens with one attached hydrogen (secondary N) is 1. The van der Waals surface area contributed by atoms with Crippen LogP contribution >= 0.6 is 0 Å². The molecule has 0 saturated carbocycles. The van der Waals surface area contributed by atoms with Crippen LogP contribution in [-0.4, -0.2) is 67.9 Å². The van der Waals surface area contributed by atoms with Crippen LogP contribution in [0.1, 0.15) is 31.1 Å². The van der Waals surface area contributed by atoms with Gasteiger partial charge >= 0.3 is 6.09 Å². The molecule has 1 aromatic carbocycles. The number of methoxy groups -OCH3 is 2. The quantitative estimate of drug-likeness (QED) is 0.716. The van der Waals surface area contributed by atoms with E-state index in [1.165, 1.54) is 0 Å². The van der Waals surface area contributed by atoms with Crippen molar-refractivity contribution in [2.24, 2.45) is 11.8 Å². The molecule has 0 bridgehead atoms. The highest BCUT2D eigenvalue weighted by molar-refractivity contribution is 6.04. The zero-order chi connectivity index (χ0) is 24.5. The highest BCUT2D eigenvalue weighted by Crippen LogP contribution is 2.35. The second-order valence-electron chi connectivity index (χ2n) is 9.80. The molecule has 2 aromatic rings. The van der Waals surface area contributed by atoms with Gasteiger partial charge in [0.25, 0.3) is 5.91 Å². The summed E-state index contributed by atoms with van der Waals surface area (Å²) in [4.78, 5) is 33.7. The van der Waals surface area contributed by atoms with E-state index in [2.05, 4.69) is 15.2 Å². The van der Waals surface area contributed by atoms with Crippen LogP contribution in [0.3, 0.4) is 0 Å². The Morgan fingerprint density at radius 3 is 2.12 bits per heavy atom. The minimum absolute atomic E-state index is 0.247. The van der Waals surface area contributed by atoms with Gasteiger partial charge in [-0.1, -0.05) is 0 Å². The van der Waals surface area contributed by atoms with Crippen molar-refractivity contribution in [1.82, 2.24) is 9.88 Å². The summed E-state index contributed by atoms with van der Waals surface area (Å²) in [5, 5.41) is 2.89. The normalized spacial score (nSPS) is 19.6. The maximum Gasteiger partial charge on any atom is 0.410 e. The Morgan fingerprint density at radius 1 is 0.941 bits per heavy atom. The van der Waals surface area contributed by atoms with Gasteiger partial charge in [-0.15, -0.1) is 0 Å². The fourth-order valence-corrected chi connectivity index (χ4v) is 4.49. The summed E-state index contributed by atoms with van der Waals surface area (Å²) in [6.07, 6.45) is 3.08. The molecule has 0 aliphatic carbocycles. The largest absolute Gasteiger partial charge is 0.497 e. The van der Waals surface area contributed by atoms with Crippen LogP contribution in [0.4, 0.5) is 16.2 Å². The third kappa shape index (κ3) is 5.35. The number of likely N-dealkylation sites (tertiary alicyclic amines) is 1. The second kappa shape index (κ2) is 9.40. The van der Waals surface area contributed by atoms with Crippen molar-refractivity contribution in [3.05, 3.63) is 42.2 Å². The van der Waals surface area contributed by atoms with Crippen LogP contribution < -0.4 is 19.7 Å². The number of hydrogen-bond donors (Lipinski definition) is 1. The van der Waals surface area contributed by atoms with Crippen LogP contribution in [-0.2, 0) is 4.74 Å². The van der Waals surface area contributed by atoms with Gasteiger partial charge in [0.15, 0.2) is 0 Å². The van der Waals surface area contributed by atoms with E-state index in [-0.39, 0.29) is 12.0 Å². The Balaban J connectivity index is 1.40. The third-order valence-corrected chi connectivity index (χ3v) is 6.10. The molecule has 2 atom stereocenters. The first-order chi connectivity index (χ1) is 16.1. The number of fused-ring (bicyclic) bond motifs is 1. The van der Waals surface area contributed by atoms with Crippen molar-refractivity contribution in [2.75, 3.05) is 50.6 Å². The predicted molar refractivity (Wildman–Crippen MR) is 129 cm³/mol.